The normalized spacial score (nSPS) is 16.9. The van der Waals surface area contributed by atoms with Crippen LogP contribution in [0.3, 0.4) is 0 Å². The van der Waals surface area contributed by atoms with Crippen molar-refractivity contribution in [2.75, 3.05) is 6.54 Å². The van der Waals surface area contributed by atoms with Crippen LogP contribution in [-0.2, 0) is 13.0 Å². The Hall–Kier alpha value is -2.37. The van der Waals surface area contributed by atoms with Crippen molar-refractivity contribution in [1.82, 2.24) is 25.4 Å². The highest BCUT2D eigenvalue weighted by atomic mass is 16.2. The lowest BCUT2D eigenvalue weighted by Gasteiger charge is -2.42. The lowest BCUT2D eigenvalue weighted by Crippen LogP contribution is -2.49. The molecular weight excluding hydrogens is 302 g/mol. The maximum atomic E-state index is 12.2. The van der Waals surface area contributed by atoms with Gasteiger partial charge in [-0.1, -0.05) is 36.8 Å². The van der Waals surface area contributed by atoms with Gasteiger partial charge in [0.15, 0.2) is 0 Å². The van der Waals surface area contributed by atoms with Crippen LogP contribution in [0.4, 0.5) is 4.79 Å². The maximum absolute atomic E-state index is 12.2. The van der Waals surface area contributed by atoms with Gasteiger partial charge in [0.1, 0.15) is 12.7 Å². The van der Waals surface area contributed by atoms with Crippen molar-refractivity contribution in [3.8, 4) is 0 Å². The fraction of sp³-hybridized carbons (Fsp3) is 0.500. The Labute approximate surface area is 142 Å². The number of hydrogen-bond acceptors (Lipinski definition) is 3. The third-order valence-electron chi connectivity index (χ3n) is 4.77. The van der Waals surface area contributed by atoms with Gasteiger partial charge in [0.2, 0.25) is 0 Å². The standard InChI is InChI=1S/C18H25N5O/c1-15(11-23-14-19-13-21-23)22-17(24)20-12-18(8-5-9-18)10-16-6-3-2-4-7-16/h2-4,6-7,13-15H,5,8-12H2,1H3,(H2,20,22,24). The highest BCUT2D eigenvalue weighted by Crippen LogP contribution is 2.43. The number of amides is 2. The molecule has 2 amide bonds. The summed E-state index contributed by atoms with van der Waals surface area (Å²) in [6.45, 7) is 3.30. The lowest BCUT2D eigenvalue weighted by molar-refractivity contribution is 0.131. The zero-order valence-electron chi connectivity index (χ0n) is 14.1. The molecule has 1 heterocycles. The molecule has 2 N–H and O–H groups in total. The van der Waals surface area contributed by atoms with Crippen molar-refractivity contribution in [2.24, 2.45) is 5.41 Å². The molecular formula is C18H25N5O. The van der Waals surface area contributed by atoms with Crippen molar-refractivity contribution < 1.29 is 4.79 Å². The molecule has 3 rings (SSSR count). The third-order valence-corrected chi connectivity index (χ3v) is 4.77. The fourth-order valence-electron chi connectivity index (χ4n) is 3.32. The van der Waals surface area contributed by atoms with Crippen molar-refractivity contribution >= 4 is 6.03 Å². The minimum Gasteiger partial charge on any atom is -0.338 e. The van der Waals surface area contributed by atoms with Crippen molar-refractivity contribution in [3.05, 3.63) is 48.5 Å². The van der Waals surface area contributed by atoms with Crippen LogP contribution in [0.25, 0.3) is 0 Å². The first-order valence-corrected chi connectivity index (χ1v) is 8.56. The molecule has 24 heavy (non-hydrogen) atoms. The van der Waals surface area contributed by atoms with E-state index in [1.54, 1.807) is 11.0 Å². The van der Waals surface area contributed by atoms with Crippen LogP contribution >= 0.6 is 0 Å². The summed E-state index contributed by atoms with van der Waals surface area (Å²) in [7, 11) is 0. The SMILES string of the molecule is CC(Cn1cncn1)NC(=O)NCC1(Cc2ccccc2)CCC1. The van der Waals surface area contributed by atoms with E-state index in [0.29, 0.717) is 6.54 Å². The van der Waals surface area contributed by atoms with Crippen LogP contribution in [0.2, 0.25) is 0 Å². The first-order valence-electron chi connectivity index (χ1n) is 8.56. The largest absolute Gasteiger partial charge is 0.338 e. The van der Waals surface area contributed by atoms with Gasteiger partial charge in [-0.15, -0.1) is 0 Å². The molecule has 1 saturated carbocycles. The predicted octanol–water partition coefficient (Wildman–Crippen LogP) is 2.38. The Morgan fingerprint density at radius 2 is 2.12 bits per heavy atom. The second-order valence-corrected chi connectivity index (χ2v) is 6.86. The van der Waals surface area contributed by atoms with E-state index in [-0.39, 0.29) is 17.5 Å². The van der Waals surface area contributed by atoms with Gasteiger partial charge in [0, 0.05) is 12.6 Å². The van der Waals surface area contributed by atoms with Gasteiger partial charge < -0.3 is 10.6 Å². The summed E-state index contributed by atoms with van der Waals surface area (Å²) >= 11 is 0. The molecule has 1 aromatic heterocycles. The van der Waals surface area contributed by atoms with Gasteiger partial charge in [-0.25, -0.2) is 9.78 Å². The number of carbonyl (C=O) groups excluding carboxylic acids is 1. The monoisotopic (exact) mass is 327 g/mol. The minimum atomic E-state index is -0.109. The predicted molar refractivity (Wildman–Crippen MR) is 92.4 cm³/mol. The number of hydrogen-bond donors (Lipinski definition) is 2. The summed E-state index contributed by atoms with van der Waals surface area (Å²) in [5, 5.41) is 10.1. The highest BCUT2D eigenvalue weighted by molar-refractivity contribution is 5.74. The average Bonchev–Trinajstić information content (AvgIpc) is 3.03. The Morgan fingerprint density at radius 3 is 2.75 bits per heavy atom. The molecule has 1 aliphatic rings. The quantitative estimate of drug-likeness (QED) is 0.820. The number of rotatable bonds is 7. The fourth-order valence-corrected chi connectivity index (χ4v) is 3.32. The van der Waals surface area contributed by atoms with Crippen molar-refractivity contribution in [3.63, 3.8) is 0 Å². The Bertz CT molecular complexity index is 637. The molecule has 0 aliphatic heterocycles. The van der Waals surface area contributed by atoms with Gasteiger partial charge in [-0.2, -0.15) is 5.10 Å². The molecule has 0 bridgehead atoms. The van der Waals surface area contributed by atoms with Crippen LogP contribution < -0.4 is 10.6 Å². The van der Waals surface area contributed by atoms with Crippen molar-refractivity contribution in [2.45, 2.75) is 45.2 Å². The Balaban J connectivity index is 1.45. The van der Waals surface area contributed by atoms with E-state index in [0.717, 1.165) is 13.0 Å². The summed E-state index contributed by atoms with van der Waals surface area (Å²) in [4.78, 5) is 16.1. The van der Waals surface area contributed by atoms with E-state index in [4.69, 9.17) is 0 Å². The third kappa shape index (κ3) is 4.34. The molecule has 1 unspecified atom stereocenters. The number of nitrogens with zero attached hydrogens (tertiary/aromatic N) is 3. The smallest absolute Gasteiger partial charge is 0.315 e. The molecule has 1 fully saturated rings. The molecule has 1 aromatic carbocycles. The van der Waals surface area contributed by atoms with Crippen LogP contribution in [0.15, 0.2) is 43.0 Å². The van der Waals surface area contributed by atoms with Crippen LogP contribution in [0.1, 0.15) is 31.7 Å². The summed E-state index contributed by atoms with van der Waals surface area (Å²) in [5.74, 6) is 0. The molecule has 6 heteroatoms. The van der Waals surface area contributed by atoms with E-state index >= 15 is 0 Å². The minimum absolute atomic E-state index is 0.00170. The molecule has 128 valence electrons. The summed E-state index contributed by atoms with van der Waals surface area (Å²) in [5.41, 5.74) is 1.56. The summed E-state index contributed by atoms with van der Waals surface area (Å²) in [6.07, 6.45) is 7.78. The number of aromatic nitrogens is 3. The second kappa shape index (κ2) is 7.47. The molecule has 1 atom stereocenters. The van der Waals surface area contributed by atoms with Gasteiger partial charge in [-0.05, 0) is 37.2 Å². The van der Waals surface area contributed by atoms with Crippen molar-refractivity contribution in [1.29, 1.82) is 0 Å². The number of benzene rings is 1. The maximum Gasteiger partial charge on any atom is 0.315 e. The van der Waals surface area contributed by atoms with E-state index < -0.39 is 0 Å². The van der Waals surface area contributed by atoms with E-state index in [2.05, 4.69) is 45.0 Å². The molecule has 0 saturated heterocycles. The molecule has 1 aliphatic carbocycles. The van der Waals surface area contributed by atoms with Gasteiger partial charge in [-0.3, -0.25) is 4.68 Å². The van der Waals surface area contributed by atoms with E-state index in [1.807, 2.05) is 13.0 Å². The van der Waals surface area contributed by atoms with Gasteiger partial charge >= 0.3 is 6.03 Å². The van der Waals surface area contributed by atoms with Gasteiger partial charge in [0.05, 0.1) is 6.54 Å². The number of urea groups is 1. The first-order chi connectivity index (χ1) is 11.7. The first kappa shape index (κ1) is 16.5. The second-order valence-electron chi connectivity index (χ2n) is 6.86. The van der Waals surface area contributed by atoms with Crippen LogP contribution in [-0.4, -0.2) is 33.4 Å². The Morgan fingerprint density at radius 1 is 1.33 bits per heavy atom. The molecule has 6 nitrogen and oxygen atoms in total. The van der Waals surface area contributed by atoms with E-state index in [9.17, 15) is 4.79 Å². The lowest BCUT2D eigenvalue weighted by atomic mass is 9.65. The topological polar surface area (TPSA) is 71.8 Å². The number of nitrogens with one attached hydrogen (secondary N) is 2. The summed E-state index contributed by atoms with van der Waals surface area (Å²) < 4.78 is 1.72. The van der Waals surface area contributed by atoms with Crippen LogP contribution in [0.5, 0.6) is 0 Å². The highest BCUT2D eigenvalue weighted by Gasteiger charge is 2.37. The Kier molecular flexibility index (Phi) is 5.13. The summed E-state index contributed by atoms with van der Waals surface area (Å²) in [6, 6.07) is 10.4. The zero-order valence-corrected chi connectivity index (χ0v) is 14.1. The molecule has 0 spiro atoms. The molecule has 2 aromatic rings. The molecule has 0 radical (unpaired) electrons. The zero-order chi connectivity index (χ0) is 16.8. The number of carbonyl (C=O) groups is 1. The average molecular weight is 327 g/mol. The van der Waals surface area contributed by atoms with Gasteiger partial charge in [0.25, 0.3) is 0 Å². The van der Waals surface area contributed by atoms with E-state index in [1.165, 1.54) is 31.2 Å². The van der Waals surface area contributed by atoms with Crippen LogP contribution in [0, 0.1) is 5.41 Å².